The number of fused-ring (bicyclic) bond motifs is 3. The van der Waals surface area contributed by atoms with Gasteiger partial charge in [0.05, 0.1) is 5.92 Å². The molecule has 3 aliphatic carbocycles. The second kappa shape index (κ2) is 9.49. The molecule has 0 radical (unpaired) electrons. The molecule has 7 heteroatoms. The largest absolute Gasteiger partial charge is 0.481 e. The van der Waals surface area contributed by atoms with E-state index in [-0.39, 0.29) is 42.4 Å². The van der Waals surface area contributed by atoms with Crippen LogP contribution in [0.3, 0.4) is 0 Å². The van der Waals surface area contributed by atoms with Gasteiger partial charge in [0.1, 0.15) is 6.61 Å². The lowest BCUT2D eigenvalue weighted by atomic mass is 9.78. The summed E-state index contributed by atoms with van der Waals surface area (Å²) in [7, 11) is 0. The summed E-state index contributed by atoms with van der Waals surface area (Å²) in [6.45, 7) is 0.289. The molecular formula is C27H30N2O5. The summed E-state index contributed by atoms with van der Waals surface area (Å²) < 4.78 is 5.60. The zero-order valence-corrected chi connectivity index (χ0v) is 19.0. The first-order valence-electron chi connectivity index (χ1n) is 12.1. The van der Waals surface area contributed by atoms with Crippen LogP contribution in [0.1, 0.15) is 55.6 Å². The molecule has 2 fully saturated rings. The van der Waals surface area contributed by atoms with E-state index in [0.717, 1.165) is 19.3 Å². The highest BCUT2D eigenvalue weighted by Crippen LogP contribution is 2.44. The maximum Gasteiger partial charge on any atom is 0.407 e. The van der Waals surface area contributed by atoms with Crippen LogP contribution >= 0.6 is 0 Å². The van der Waals surface area contributed by atoms with Crippen LogP contribution < -0.4 is 10.6 Å². The molecule has 2 saturated carbocycles. The van der Waals surface area contributed by atoms with Crippen molar-refractivity contribution in [1.82, 2.24) is 10.6 Å². The highest BCUT2D eigenvalue weighted by molar-refractivity contribution is 5.79. The van der Waals surface area contributed by atoms with Gasteiger partial charge < -0.3 is 20.5 Å². The van der Waals surface area contributed by atoms with E-state index >= 15 is 0 Å². The molecule has 34 heavy (non-hydrogen) atoms. The minimum Gasteiger partial charge on any atom is -0.481 e. The number of hydrogen-bond donors (Lipinski definition) is 3. The van der Waals surface area contributed by atoms with Gasteiger partial charge in [0, 0.05) is 24.4 Å². The van der Waals surface area contributed by atoms with Crippen LogP contribution in [0.25, 0.3) is 11.1 Å². The SMILES string of the molecule is O=C(CC1CC(NC(=O)OCC2c3ccccc3-c3ccccc32)C1)N[C@@H]1CC[C@H](C(=O)O)C1. The number of alkyl carbamates (subject to hydrolysis) is 1. The fraction of sp³-hybridized carbons (Fsp3) is 0.444. The molecule has 0 aromatic heterocycles. The number of hydrogen-bond acceptors (Lipinski definition) is 4. The van der Waals surface area contributed by atoms with E-state index < -0.39 is 12.1 Å². The molecule has 0 heterocycles. The van der Waals surface area contributed by atoms with Crippen molar-refractivity contribution < 1.29 is 24.2 Å². The number of nitrogens with one attached hydrogen (secondary N) is 2. The number of aliphatic carboxylic acids is 1. The van der Waals surface area contributed by atoms with Crippen molar-refractivity contribution >= 4 is 18.0 Å². The molecule has 0 saturated heterocycles. The summed E-state index contributed by atoms with van der Waals surface area (Å²) in [6, 6.07) is 16.5. The monoisotopic (exact) mass is 462 g/mol. The van der Waals surface area contributed by atoms with Gasteiger partial charge in [-0.2, -0.15) is 0 Å². The first kappa shape index (κ1) is 22.4. The van der Waals surface area contributed by atoms with Crippen LogP contribution in [0.15, 0.2) is 48.5 Å². The van der Waals surface area contributed by atoms with E-state index in [9.17, 15) is 14.4 Å². The van der Waals surface area contributed by atoms with Gasteiger partial charge in [0.2, 0.25) is 5.91 Å². The molecule has 0 aliphatic heterocycles. The molecule has 2 aromatic carbocycles. The molecule has 0 unspecified atom stereocenters. The van der Waals surface area contributed by atoms with Crippen molar-refractivity contribution in [1.29, 1.82) is 0 Å². The van der Waals surface area contributed by atoms with Crippen LogP contribution in [0, 0.1) is 11.8 Å². The quantitative estimate of drug-likeness (QED) is 0.576. The van der Waals surface area contributed by atoms with Crippen molar-refractivity contribution in [3.63, 3.8) is 0 Å². The van der Waals surface area contributed by atoms with Crippen LogP contribution in [0.4, 0.5) is 4.79 Å². The third kappa shape index (κ3) is 4.65. The van der Waals surface area contributed by atoms with Crippen molar-refractivity contribution in [2.24, 2.45) is 11.8 Å². The Bertz CT molecular complexity index is 1050. The van der Waals surface area contributed by atoms with Gasteiger partial charge in [-0.3, -0.25) is 9.59 Å². The Morgan fingerprint density at radius 3 is 2.12 bits per heavy atom. The molecule has 178 valence electrons. The lowest BCUT2D eigenvalue weighted by Gasteiger charge is -2.35. The number of ether oxygens (including phenoxy) is 1. The Kier molecular flexibility index (Phi) is 6.26. The van der Waals surface area contributed by atoms with Gasteiger partial charge in [0.15, 0.2) is 0 Å². The zero-order valence-electron chi connectivity index (χ0n) is 19.0. The topological polar surface area (TPSA) is 105 Å². The third-order valence-corrected chi connectivity index (χ3v) is 7.52. The average molecular weight is 463 g/mol. The highest BCUT2D eigenvalue weighted by atomic mass is 16.5. The van der Waals surface area contributed by atoms with Crippen molar-refractivity contribution in [2.45, 2.75) is 56.5 Å². The maximum atomic E-state index is 12.4. The zero-order chi connectivity index (χ0) is 23.7. The predicted octanol–water partition coefficient (Wildman–Crippen LogP) is 4.06. The third-order valence-electron chi connectivity index (χ3n) is 7.52. The maximum absolute atomic E-state index is 12.4. The minimum absolute atomic E-state index is 0.0244. The lowest BCUT2D eigenvalue weighted by Crippen LogP contribution is -2.46. The molecule has 7 nitrogen and oxygen atoms in total. The van der Waals surface area contributed by atoms with Gasteiger partial charge in [-0.15, -0.1) is 0 Å². The Balaban J connectivity index is 1.04. The number of rotatable bonds is 7. The van der Waals surface area contributed by atoms with E-state index in [1.165, 1.54) is 22.3 Å². The molecule has 5 rings (SSSR count). The predicted molar refractivity (Wildman–Crippen MR) is 126 cm³/mol. The standard InChI is InChI=1S/C27H30N2O5/c30-25(28-18-10-9-17(14-18)26(31)32)13-16-11-19(12-16)29-27(33)34-15-24-22-7-3-1-5-20(22)21-6-2-4-8-23(21)24/h1-8,16-19,24H,9-15H2,(H,28,30)(H,29,33)(H,31,32)/t16?,17-,18+,19?/m0/s1. The van der Waals surface area contributed by atoms with Gasteiger partial charge in [-0.1, -0.05) is 48.5 Å². The Hall–Kier alpha value is -3.35. The number of benzene rings is 2. The summed E-state index contributed by atoms with van der Waals surface area (Å²) in [4.78, 5) is 35.8. The number of carbonyl (C=O) groups excluding carboxylic acids is 2. The molecule has 2 atom stereocenters. The van der Waals surface area contributed by atoms with Gasteiger partial charge in [0.25, 0.3) is 0 Å². The van der Waals surface area contributed by atoms with Crippen LogP contribution in [-0.4, -0.2) is 41.8 Å². The highest BCUT2D eigenvalue weighted by Gasteiger charge is 2.35. The minimum atomic E-state index is -0.780. The van der Waals surface area contributed by atoms with Gasteiger partial charge in [-0.25, -0.2) is 4.79 Å². The number of amides is 2. The van der Waals surface area contributed by atoms with E-state index in [0.29, 0.717) is 19.3 Å². The van der Waals surface area contributed by atoms with E-state index in [1.54, 1.807) is 0 Å². The summed E-state index contributed by atoms with van der Waals surface area (Å²) in [5.74, 6) is -0.888. The Labute approximate surface area is 198 Å². The number of carboxylic acids is 1. The molecule has 2 aromatic rings. The van der Waals surface area contributed by atoms with Gasteiger partial charge in [-0.05, 0) is 60.3 Å². The average Bonchev–Trinajstić information content (AvgIpc) is 3.39. The summed E-state index contributed by atoms with van der Waals surface area (Å²) in [6.07, 6.45) is 3.35. The van der Waals surface area contributed by atoms with Crippen LogP contribution in [-0.2, 0) is 14.3 Å². The molecule has 0 spiro atoms. The normalized spacial score (nSPS) is 25.1. The first-order chi connectivity index (χ1) is 16.5. The second-order valence-corrected chi connectivity index (χ2v) is 9.82. The fourth-order valence-corrected chi connectivity index (χ4v) is 5.71. The van der Waals surface area contributed by atoms with E-state index in [4.69, 9.17) is 9.84 Å². The van der Waals surface area contributed by atoms with Crippen molar-refractivity contribution in [3.8, 4) is 11.1 Å². The summed E-state index contributed by atoms with van der Waals surface area (Å²) >= 11 is 0. The Morgan fingerprint density at radius 1 is 0.853 bits per heavy atom. The first-order valence-corrected chi connectivity index (χ1v) is 12.1. The van der Waals surface area contributed by atoms with Crippen LogP contribution in [0.5, 0.6) is 0 Å². The van der Waals surface area contributed by atoms with Crippen LogP contribution in [0.2, 0.25) is 0 Å². The van der Waals surface area contributed by atoms with Gasteiger partial charge >= 0.3 is 12.1 Å². The Morgan fingerprint density at radius 2 is 1.50 bits per heavy atom. The lowest BCUT2D eigenvalue weighted by molar-refractivity contribution is -0.141. The molecule has 3 N–H and O–H groups in total. The molecule has 0 bridgehead atoms. The van der Waals surface area contributed by atoms with Crippen molar-refractivity contribution in [2.75, 3.05) is 6.61 Å². The number of carboxylic acid groups (broad SMARTS) is 1. The smallest absolute Gasteiger partial charge is 0.407 e. The van der Waals surface area contributed by atoms with E-state index in [2.05, 4.69) is 34.9 Å². The molecule has 3 aliphatic rings. The number of carbonyl (C=O) groups is 3. The molecule has 2 amide bonds. The fourth-order valence-electron chi connectivity index (χ4n) is 5.71. The van der Waals surface area contributed by atoms with Crippen molar-refractivity contribution in [3.05, 3.63) is 59.7 Å². The summed E-state index contributed by atoms with van der Waals surface area (Å²) in [5, 5.41) is 15.0. The van der Waals surface area contributed by atoms with E-state index in [1.807, 2.05) is 24.3 Å². The summed E-state index contributed by atoms with van der Waals surface area (Å²) in [5.41, 5.74) is 4.76. The molecular weight excluding hydrogens is 432 g/mol. The second-order valence-electron chi connectivity index (χ2n) is 9.82.